The highest BCUT2D eigenvalue weighted by molar-refractivity contribution is 6.06. The number of aromatic nitrogens is 5. The summed E-state index contributed by atoms with van der Waals surface area (Å²) in [7, 11) is 5.31. The number of anilines is 3. The van der Waals surface area contributed by atoms with Crippen LogP contribution in [0.15, 0.2) is 36.8 Å². The van der Waals surface area contributed by atoms with Gasteiger partial charge in [-0.1, -0.05) is 12.1 Å². The molecule has 3 N–H and O–H groups in total. The number of carbonyl (C=O) groups excluding carboxylic acids is 1. The van der Waals surface area contributed by atoms with Crippen LogP contribution < -0.4 is 15.4 Å². The normalized spacial score (nSPS) is 21.0. The van der Waals surface area contributed by atoms with E-state index in [4.69, 9.17) is 9.72 Å². The Kier molecular flexibility index (Phi) is 6.86. The van der Waals surface area contributed by atoms with Crippen molar-refractivity contribution >= 4 is 34.1 Å². The van der Waals surface area contributed by atoms with Crippen molar-refractivity contribution in [3.8, 4) is 17.1 Å². The molecule has 0 spiro atoms. The van der Waals surface area contributed by atoms with Crippen molar-refractivity contribution in [2.24, 2.45) is 7.05 Å². The number of alkyl halides is 2. The molecule has 1 aromatic carbocycles. The lowest BCUT2D eigenvalue weighted by Gasteiger charge is -2.29. The predicted molar refractivity (Wildman–Crippen MR) is 152 cm³/mol. The van der Waals surface area contributed by atoms with E-state index >= 15 is 0 Å². The van der Waals surface area contributed by atoms with Gasteiger partial charge in [0.15, 0.2) is 0 Å². The number of aromatic amines is 1. The summed E-state index contributed by atoms with van der Waals surface area (Å²) < 4.78 is 36.0. The highest BCUT2D eigenvalue weighted by Gasteiger charge is 2.50. The van der Waals surface area contributed by atoms with Gasteiger partial charge in [0.2, 0.25) is 11.9 Å². The Morgan fingerprint density at radius 2 is 2.07 bits per heavy atom. The number of nitrogens with one attached hydrogen (secondary N) is 3. The molecule has 0 bridgehead atoms. The van der Waals surface area contributed by atoms with Crippen molar-refractivity contribution in [2.45, 2.75) is 37.8 Å². The van der Waals surface area contributed by atoms with Crippen LogP contribution >= 0.6 is 0 Å². The molecule has 2 saturated heterocycles. The number of benzene rings is 1. The number of fused-ring (bicyclic) bond motifs is 1. The third-order valence-corrected chi connectivity index (χ3v) is 7.88. The molecule has 0 saturated carbocycles. The van der Waals surface area contributed by atoms with Crippen LogP contribution in [0.25, 0.3) is 22.2 Å². The highest BCUT2D eigenvalue weighted by atomic mass is 19.3. The van der Waals surface area contributed by atoms with Gasteiger partial charge in [0.05, 0.1) is 42.8 Å². The number of likely N-dealkylation sites (N-methyl/N-ethyl adjacent to an activating group) is 1. The van der Waals surface area contributed by atoms with E-state index in [9.17, 15) is 13.6 Å². The molecule has 216 valence electrons. The fourth-order valence-electron chi connectivity index (χ4n) is 5.92. The average Bonchev–Trinajstić information content (AvgIpc) is 3.70. The summed E-state index contributed by atoms with van der Waals surface area (Å²) >= 11 is 0. The Morgan fingerprint density at radius 3 is 2.83 bits per heavy atom. The zero-order valence-electron chi connectivity index (χ0n) is 23.4. The number of ether oxygens (including phenoxy) is 1. The first-order chi connectivity index (χ1) is 19.6. The number of likely N-dealkylation sites (tertiary alicyclic amines) is 2. The minimum atomic E-state index is -2.90. The number of rotatable bonds is 7. The topological polar surface area (TPSA) is 116 Å². The molecular formula is C28H33F2N9O2. The van der Waals surface area contributed by atoms with Crippen LogP contribution in [-0.2, 0) is 11.8 Å². The molecule has 2 aliphatic rings. The van der Waals surface area contributed by atoms with Gasteiger partial charge in [0, 0.05) is 49.4 Å². The first-order valence-electron chi connectivity index (χ1n) is 13.5. The summed E-state index contributed by atoms with van der Waals surface area (Å²) in [6.07, 6.45) is 5.62. The molecule has 41 heavy (non-hydrogen) atoms. The Hall–Kier alpha value is -4.10. The van der Waals surface area contributed by atoms with E-state index in [0.717, 1.165) is 29.5 Å². The maximum atomic E-state index is 14.5. The number of carbonyl (C=O) groups is 1. The standard InChI is InChI=1S/C28H33F2N9O2/c1-16-11-32-27(34-21-14-38(3)36-26(21)41-4)35-23(16)19-12-31-24-18(19)6-5-7-20(24)33-25(40)22-10-28(29,30)15-39(22)17-8-9-37(2)13-17/h5-7,11-12,14,17,22,31H,8-10,13,15H2,1-4H3,(H,33,40)(H,32,34,35)/t17-,22?/m0/s1. The molecule has 2 aliphatic heterocycles. The van der Waals surface area contributed by atoms with E-state index in [0.29, 0.717) is 41.0 Å². The highest BCUT2D eigenvalue weighted by Crippen LogP contribution is 2.37. The van der Waals surface area contributed by atoms with E-state index in [-0.39, 0.29) is 6.04 Å². The van der Waals surface area contributed by atoms with Gasteiger partial charge in [-0.3, -0.25) is 14.4 Å². The van der Waals surface area contributed by atoms with Crippen molar-refractivity contribution in [2.75, 3.05) is 44.4 Å². The molecule has 4 aromatic rings. The average molecular weight is 566 g/mol. The Morgan fingerprint density at radius 1 is 1.24 bits per heavy atom. The monoisotopic (exact) mass is 565 g/mol. The molecule has 1 unspecified atom stereocenters. The van der Waals surface area contributed by atoms with Crippen molar-refractivity contribution in [1.29, 1.82) is 0 Å². The second-order valence-electron chi connectivity index (χ2n) is 10.9. The second kappa shape index (κ2) is 10.4. The van der Waals surface area contributed by atoms with Gasteiger partial charge < -0.3 is 25.3 Å². The molecule has 3 aromatic heterocycles. The van der Waals surface area contributed by atoms with Crippen LogP contribution in [-0.4, -0.2) is 92.2 Å². The lowest BCUT2D eigenvalue weighted by Crippen LogP contribution is -2.46. The van der Waals surface area contributed by atoms with Crippen LogP contribution in [0.2, 0.25) is 0 Å². The van der Waals surface area contributed by atoms with Gasteiger partial charge >= 0.3 is 0 Å². The predicted octanol–water partition coefficient (Wildman–Crippen LogP) is 3.77. The molecule has 2 fully saturated rings. The molecule has 1 amide bonds. The zero-order chi connectivity index (χ0) is 28.9. The fourth-order valence-corrected chi connectivity index (χ4v) is 5.92. The number of methoxy groups -OCH3 is 1. The van der Waals surface area contributed by atoms with E-state index in [1.807, 2.05) is 32.3 Å². The minimum Gasteiger partial charge on any atom is -0.478 e. The summed E-state index contributed by atoms with van der Waals surface area (Å²) in [6.45, 7) is 3.04. The van der Waals surface area contributed by atoms with Gasteiger partial charge in [0.25, 0.3) is 11.8 Å². The molecular weight excluding hydrogens is 532 g/mol. The van der Waals surface area contributed by atoms with Crippen LogP contribution in [0.5, 0.6) is 5.88 Å². The van der Waals surface area contributed by atoms with Crippen molar-refractivity contribution < 1.29 is 18.3 Å². The number of H-pyrrole nitrogens is 1. The van der Waals surface area contributed by atoms with E-state index in [2.05, 4.69) is 30.6 Å². The maximum absolute atomic E-state index is 14.5. The number of nitrogens with zero attached hydrogens (tertiary/aromatic N) is 6. The van der Waals surface area contributed by atoms with E-state index in [1.54, 1.807) is 42.2 Å². The first-order valence-corrected chi connectivity index (χ1v) is 13.5. The summed E-state index contributed by atoms with van der Waals surface area (Å²) in [6, 6.07) is 4.58. The summed E-state index contributed by atoms with van der Waals surface area (Å²) in [5.74, 6) is -2.53. The van der Waals surface area contributed by atoms with Crippen LogP contribution in [0, 0.1) is 6.92 Å². The van der Waals surface area contributed by atoms with Crippen molar-refractivity contribution in [1.82, 2.24) is 34.5 Å². The summed E-state index contributed by atoms with van der Waals surface area (Å²) in [4.78, 5) is 29.7. The maximum Gasteiger partial charge on any atom is 0.262 e. The Labute approximate surface area is 235 Å². The molecule has 0 aliphatic carbocycles. The van der Waals surface area contributed by atoms with Gasteiger partial charge in [-0.2, -0.15) is 0 Å². The van der Waals surface area contributed by atoms with Crippen LogP contribution in [0.3, 0.4) is 0 Å². The number of para-hydroxylation sites is 1. The minimum absolute atomic E-state index is 0.0628. The number of hydrogen-bond donors (Lipinski definition) is 3. The number of aryl methyl sites for hydroxylation is 2. The number of hydrogen-bond acceptors (Lipinski definition) is 8. The molecule has 2 atom stereocenters. The third-order valence-electron chi connectivity index (χ3n) is 7.88. The second-order valence-corrected chi connectivity index (χ2v) is 10.9. The Bertz CT molecular complexity index is 1600. The fraction of sp³-hybridized carbons (Fsp3) is 0.429. The molecule has 13 heteroatoms. The summed E-state index contributed by atoms with van der Waals surface area (Å²) in [5, 5.41) is 11.2. The zero-order valence-corrected chi connectivity index (χ0v) is 23.4. The van der Waals surface area contributed by atoms with E-state index in [1.165, 1.54) is 0 Å². The largest absolute Gasteiger partial charge is 0.478 e. The van der Waals surface area contributed by atoms with Gasteiger partial charge in [-0.25, -0.2) is 18.7 Å². The van der Waals surface area contributed by atoms with Crippen LogP contribution in [0.4, 0.5) is 26.1 Å². The van der Waals surface area contributed by atoms with Crippen molar-refractivity contribution in [3.63, 3.8) is 0 Å². The number of halogens is 2. The van der Waals surface area contributed by atoms with Gasteiger partial charge in [0.1, 0.15) is 5.69 Å². The van der Waals surface area contributed by atoms with Gasteiger partial charge in [-0.15, -0.1) is 5.10 Å². The Balaban J connectivity index is 1.27. The van der Waals surface area contributed by atoms with Crippen molar-refractivity contribution in [3.05, 3.63) is 42.4 Å². The third kappa shape index (κ3) is 5.22. The summed E-state index contributed by atoms with van der Waals surface area (Å²) in [5.41, 5.74) is 4.22. The lowest BCUT2D eigenvalue weighted by atomic mass is 10.1. The quantitative estimate of drug-likeness (QED) is 0.310. The van der Waals surface area contributed by atoms with E-state index < -0.39 is 30.8 Å². The molecule has 5 heterocycles. The molecule has 6 rings (SSSR count). The molecule has 11 nitrogen and oxygen atoms in total. The smallest absolute Gasteiger partial charge is 0.262 e. The number of amides is 1. The van der Waals surface area contributed by atoms with Crippen LogP contribution in [0.1, 0.15) is 18.4 Å². The van der Waals surface area contributed by atoms with Gasteiger partial charge in [-0.05, 0) is 38.6 Å². The molecule has 0 radical (unpaired) electrons. The lowest BCUT2D eigenvalue weighted by molar-refractivity contribution is -0.121. The SMILES string of the molecule is COc1nn(C)cc1Nc1ncc(C)c(-c2c[nH]c3c(NC(=O)C4CC(F)(F)CN4[C@H]4CCN(C)C4)cccc23)n1. The first kappa shape index (κ1) is 27.1.